The van der Waals surface area contributed by atoms with Crippen molar-refractivity contribution in [3.8, 4) is 0 Å². The summed E-state index contributed by atoms with van der Waals surface area (Å²) in [6, 6.07) is 0.607. The zero-order chi connectivity index (χ0) is 10.9. The summed E-state index contributed by atoms with van der Waals surface area (Å²) < 4.78 is 0. The molecule has 0 aliphatic rings. The maximum Gasteiger partial charge on any atom is 0.0794 e. The van der Waals surface area contributed by atoms with Crippen molar-refractivity contribution in [1.82, 2.24) is 15.6 Å². The van der Waals surface area contributed by atoms with Crippen LogP contribution in [0.25, 0.3) is 0 Å². The number of unbranched alkanes of at least 4 members (excludes halogenated alkanes) is 1. The molecular weight excluding hydrogens is 206 g/mol. The quantitative estimate of drug-likeness (QED) is 0.667. The molecule has 0 bridgehead atoms. The van der Waals surface area contributed by atoms with Crippen molar-refractivity contribution >= 4 is 11.3 Å². The first kappa shape index (κ1) is 12.6. The average molecular weight is 227 g/mol. The Hall–Kier alpha value is -0.450. The minimum absolute atomic E-state index is 0.607. The number of nitrogens with one attached hydrogen (secondary N) is 2. The normalized spacial score (nSPS) is 11.1. The molecule has 86 valence electrons. The van der Waals surface area contributed by atoms with Gasteiger partial charge in [-0.2, -0.15) is 0 Å². The highest BCUT2D eigenvalue weighted by Gasteiger charge is 1.94. The minimum atomic E-state index is 0.607. The van der Waals surface area contributed by atoms with Crippen LogP contribution in [-0.2, 0) is 6.54 Å². The number of thiazole rings is 1. The predicted molar refractivity (Wildman–Crippen MR) is 66.2 cm³/mol. The van der Waals surface area contributed by atoms with Crippen molar-refractivity contribution in [3.05, 3.63) is 16.6 Å². The number of nitrogens with zero attached hydrogens (tertiary/aromatic N) is 1. The highest BCUT2D eigenvalue weighted by atomic mass is 32.1. The summed E-state index contributed by atoms with van der Waals surface area (Å²) >= 11 is 1.71. The second kappa shape index (κ2) is 7.79. The lowest BCUT2D eigenvalue weighted by Crippen LogP contribution is -2.24. The van der Waals surface area contributed by atoms with E-state index in [4.69, 9.17) is 0 Å². The van der Waals surface area contributed by atoms with Gasteiger partial charge >= 0.3 is 0 Å². The number of hydrogen-bond donors (Lipinski definition) is 2. The summed E-state index contributed by atoms with van der Waals surface area (Å²) in [5.74, 6) is 0. The smallest absolute Gasteiger partial charge is 0.0794 e. The van der Waals surface area contributed by atoms with Crippen LogP contribution < -0.4 is 10.6 Å². The fourth-order valence-corrected chi connectivity index (χ4v) is 1.87. The maximum absolute atomic E-state index is 4.04. The second-order valence-corrected chi connectivity index (χ2v) is 4.93. The second-order valence-electron chi connectivity index (χ2n) is 3.96. The van der Waals surface area contributed by atoms with E-state index in [-0.39, 0.29) is 0 Å². The van der Waals surface area contributed by atoms with Gasteiger partial charge in [-0.3, -0.25) is 4.98 Å². The minimum Gasteiger partial charge on any atom is -0.315 e. The van der Waals surface area contributed by atoms with Gasteiger partial charge in [-0.1, -0.05) is 13.8 Å². The van der Waals surface area contributed by atoms with Gasteiger partial charge < -0.3 is 10.6 Å². The van der Waals surface area contributed by atoms with Gasteiger partial charge in [0.25, 0.3) is 0 Å². The Morgan fingerprint density at radius 1 is 1.33 bits per heavy atom. The number of hydrogen-bond acceptors (Lipinski definition) is 4. The van der Waals surface area contributed by atoms with E-state index in [1.807, 2.05) is 11.7 Å². The molecule has 4 heteroatoms. The van der Waals surface area contributed by atoms with Crippen LogP contribution in [0.3, 0.4) is 0 Å². The van der Waals surface area contributed by atoms with E-state index in [1.165, 1.54) is 17.7 Å². The van der Waals surface area contributed by atoms with E-state index in [9.17, 15) is 0 Å². The van der Waals surface area contributed by atoms with E-state index in [2.05, 4.69) is 29.5 Å². The fourth-order valence-electron chi connectivity index (χ4n) is 1.31. The van der Waals surface area contributed by atoms with Gasteiger partial charge in [0.15, 0.2) is 0 Å². The van der Waals surface area contributed by atoms with Crippen LogP contribution in [0, 0.1) is 0 Å². The van der Waals surface area contributed by atoms with Gasteiger partial charge in [0.1, 0.15) is 0 Å². The van der Waals surface area contributed by atoms with Crippen LogP contribution in [0.5, 0.6) is 0 Å². The van der Waals surface area contributed by atoms with Gasteiger partial charge in [-0.25, -0.2) is 0 Å². The molecule has 15 heavy (non-hydrogen) atoms. The van der Waals surface area contributed by atoms with Crippen LogP contribution in [0.4, 0.5) is 0 Å². The Labute approximate surface area is 96.3 Å². The molecule has 0 aliphatic carbocycles. The monoisotopic (exact) mass is 227 g/mol. The molecule has 1 heterocycles. The zero-order valence-corrected chi connectivity index (χ0v) is 10.4. The highest BCUT2D eigenvalue weighted by Crippen LogP contribution is 2.03. The third-order valence-electron chi connectivity index (χ3n) is 2.12. The Morgan fingerprint density at radius 2 is 2.13 bits per heavy atom. The Morgan fingerprint density at radius 3 is 2.80 bits per heavy atom. The van der Waals surface area contributed by atoms with Crippen molar-refractivity contribution < 1.29 is 0 Å². The van der Waals surface area contributed by atoms with E-state index in [1.54, 1.807) is 11.3 Å². The van der Waals surface area contributed by atoms with Gasteiger partial charge in [0, 0.05) is 23.7 Å². The summed E-state index contributed by atoms with van der Waals surface area (Å²) in [5, 5.41) is 6.83. The van der Waals surface area contributed by atoms with Crippen molar-refractivity contribution in [1.29, 1.82) is 0 Å². The molecule has 0 unspecified atom stereocenters. The van der Waals surface area contributed by atoms with E-state index in [0.29, 0.717) is 6.04 Å². The van der Waals surface area contributed by atoms with Crippen LogP contribution in [0.15, 0.2) is 11.7 Å². The number of rotatable bonds is 8. The van der Waals surface area contributed by atoms with Crippen LogP contribution in [0.1, 0.15) is 31.6 Å². The molecular formula is C11H21N3S. The molecule has 0 radical (unpaired) electrons. The molecule has 2 N–H and O–H groups in total. The number of aromatic nitrogens is 1. The van der Waals surface area contributed by atoms with Crippen LogP contribution >= 0.6 is 11.3 Å². The molecule has 0 spiro atoms. The molecule has 1 aromatic heterocycles. The molecule has 0 aliphatic heterocycles. The molecule has 0 saturated carbocycles. The predicted octanol–water partition coefficient (Wildman–Crippen LogP) is 2.01. The zero-order valence-electron chi connectivity index (χ0n) is 9.62. The lowest BCUT2D eigenvalue weighted by atomic mass is 10.3. The molecule has 0 saturated heterocycles. The van der Waals surface area contributed by atoms with Crippen LogP contribution in [0.2, 0.25) is 0 Å². The van der Waals surface area contributed by atoms with Gasteiger partial charge in [-0.15, -0.1) is 11.3 Å². The molecule has 0 aromatic carbocycles. The maximum atomic E-state index is 4.04. The lowest BCUT2D eigenvalue weighted by molar-refractivity contribution is 0.542. The third kappa shape index (κ3) is 6.60. The van der Waals surface area contributed by atoms with Gasteiger partial charge in [0.2, 0.25) is 0 Å². The lowest BCUT2D eigenvalue weighted by Gasteiger charge is -2.07. The highest BCUT2D eigenvalue weighted by molar-refractivity contribution is 7.09. The molecule has 3 nitrogen and oxygen atoms in total. The SMILES string of the molecule is CC(C)NCCCCNCc1cncs1. The molecule has 0 amide bonds. The van der Waals surface area contributed by atoms with Crippen molar-refractivity contribution in [2.75, 3.05) is 13.1 Å². The van der Waals surface area contributed by atoms with Gasteiger partial charge in [0.05, 0.1) is 5.51 Å². The van der Waals surface area contributed by atoms with Gasteiger partial charge in [-0.05, 0) is 25.9 Å². The largest absolute Gasteiger partial charge is 0.315 e. The summed E-state index contributed by atoms with van der Waals surface area (Å²) in [6.45, 7) is 7.55. The summed E-state index contributed by atoms with van der Waals surface area (Å²) in [7, 11) is 0. The fraction of sp³-hybridized carbons (Fsp3) is 0.727. The molecule has 1 rings (SSSR count). The Bertz CT molecular complexity index is 234. The Balaban J connectivity index is 1.85. The van der Waals surface area contributed by atoms with Crippen molar-refractivity contribution in [2.45, 2.75) is 39.3 Å². The van der Waals surface area contributed by atoms with E-state index in [0.717, 1.165) is 19.6 Å². The first-order valence-corrected chi connectivity index (χ1v) is 6.48. The van der Waals surface area contributed by atoms with Crippen LogP contribution in [-0.4, -0.2) is 24.1 Å². The molecule has 1 aromatic rings. The third-order valence-corrected chi connectivity index (χ3v) is 2.90. The topological polar surface area (TPSA) is 37.0 Å². The summed E-state index contributed by atoms with van der Waals surface area (Å²) in [4.78, 5) is 5.35. The van der Waals surface area contributed by atoms with E-state index < -0.39 is 0 Å². The average Bonchev–Trinajstić information content (AvgIpc) is 2.68. The van der Waals surface area contributed by atoms with Crippen molar-refractivity contribution in [2.24, 2.45) is 0 Å². The summed E-state index contributed by atoms with van der Waals surface area (Å²) in [5.41, 5.74) is 1.88. The Kier molecular flexibility index (Phi) is 6.55. The molecule has 0 atom stereocenters. The standard InChI is InChI=1S/C11H21N3S/c1-10(2)14-6-4-3-5-12-7-11-8-13-9-15-11/h8-10,12,14H,3-7H2,1-2H3. The van der Waals surface area contributed by atoms with E-state index >= 15 is 0 Å². The summed E-state index contributed by atoms with van der Waals surface area (Å²) in [6.07, 6.45) is 4.41. The van der Waals surface area contributed by atoms with Crippen molar-refractivity contribution in [3.63, 3.8) is 0 Å². The first-order chi connectivity index (χ1) is 7.29. The first-order valence-electron chi connectivity index (χ1n) is 5.60. The molecule has 0 fully saturated rings.